The van der Waals surface area contributed by atoms with Gasteiger partial charge in [-0.25, -0.2) is 28.5 Å². The average Bonchev–Trinajstić information content (AvgIpc) is 2.83. The Morgan fingerprint density at radius 2 is 1.72 bits per heavy atom. The molecule has 2 aromatic rings. The van der Waals surface area contributed by atoms with E-state index in [1.165, 1.54) is 24.4 Å². The van der Waals surface area contributed by atoms with Gasteiger partial charge in [0.15, 0.2) is 5.82 Å². The van der Waals surface area contributed by atoms with Crippen LogP contribution >= 0.6 is 0 Å². The molecule has 1 N–H and O–H groups in total. The summed E-state index contributed by atoms with van der Waals surface area (Å²) in [5.74, 6) is -0.148. The minimum Gasteiger partial charge on any atom is -0.467 e. The lowest BCUT2D eigenvalue weighted by atomic mass is 9.90. The number of aromatic nitrogens is 4. The second-order valence-electron chi connectivity index (χ2n) is 9.56. The minimum atomic E-state index is -2.58. The summed E-state index contributed by atoms with van der Waals surface area (Å²) in [5, 5.41) is 2.87. The fourth-order valence-electron chi connectivity index (χ4n) is 3.97. The molecule has 0 atom stereocenters. The van der Waals surface area contributed by atoms with Crippen molar-refractivity contribution in [3.8, 4) is 17.3 Å². The zero-order chi connectivity index (χ0) is 26.3. The molecule has 0 aliphatic heterocycles. The molecule has 0 bridgehead atoms. The molecule has 36 heavy (non-hydrogen) atoms. The standard InChI is InChI=1S/C24H32F2N6O4/c1-24(2,3)36-23(34)31-16-5-7-17(8-6-16)32(21(33)10-9-19(25)26)20-14-27-18(13-28-20)15-11-29-22(35-4)30-12-15/h11-14,16-17,19H,5-10H2,1-4H3,(H,31,34). The molecule has 1 saturated carbocycles. The molecular formula is C24H32F2N6O4. The summed E-state index contributed by atoms with van der Waals surface area (Å²) < 4.78 is 35.9. The van der Waals surface area contributed by atoms with Gasteiger partial charge in [0.2, 0.25) is 12.3 Å². The number of rotatable bonds is 8. The Labute approximate surface area is 208 Å². The zero-order valence-electron chi connectivity index (χ0n) is 20.9. The van der Waals surface area contributed by atoms with Crippen LogP contribution in [0, 0.1) is 0 Å². The molecule has 0 aromatic carbocycles. The largest absolute Gasteiger partial charge is 0.467 e. The Hall–Kier alpha value is -3.44. The SMILES string of the molecule is COc1ncc(-c2cnc(N(C(=O)CCC(F)F)C3CCC(NC(=O)OC(C)(C)C)CC3)cn2)cn1. The molecular weight excluding hydrogens is 474 g/mol. The quantitative estimate of drug-likeness (QED) is 0.567. The summed E-state index contributed by atoms with van der Waals surface area (Å²) in [5.41, 5.74) is 0.503. The number of hydrogen-bond acceptors (Lipinski definition) is 8. The maximum Gasteiger partial charge on any atom is 0.407 e. The van der Waals surface area contributed by atoms with Gasteiger partial charge in [0.25, 0.3) is 0 Å². The number of ether oxygens (including phenoxy) is 2. The lowest BCUT2D eigenvalue weighted by molar-refractivity contribution is -0.120. The second-order valence-corrected chi connectivity index (χ2v) is 9.56. The number of carbonyl (C=O) groups is 2. The van der Waals surface area contributed by atoms with E-state index >= 15 is 0 Å². The van der Waals surface area contributed by atoms with Crippen LogP contribution in [0.5, 0.6) is 6.01 Å². The van der Waals surface area contributed by atoms with E-state index in [9.17, 15) is 18.4 Å². The van der Waals surface area contributed by atoms with E-state index < -0.39 is 30.4 Å². The highest BCUT2D eigenvalue weighted by molar-refractivity contribution is 5.93. The second kappa shape index (κ2) is 12.0. The minimum absolute atomic E-state index is 0.0994. The van der Waals surface area contributed by atoms with E-state index in [0.29, 0.717) is 36.9 Å². The number of anilines is 1. The van der Waals surface area contributed by atoms with E-state index in [4.69, 9.17) is 9.47 Å². The molecule has 196 valence electrons. The van der Waals surface area contributed by atoms with Gasteiger partial charge in [-0.05, 0) is 46.5 Å². The van der Waals surface area contributed by atoms with Crippen LogP contribution < -0.4 is 15.0 Å². The number of alkyl carbamates (subject to hydrolysis) is 1. The number of carbonyl (C=O) groups excluding carboxylic acids is 2. The Morgan fingerprint density at radius 1 is 1.06 bits per heavy atom. The highest BCUT2D eigenvalue weighted by atomic mass is 19.3. The highest BCUT2D eigenvalue weighted by Gasteiger charge is 2.32. The van der Waals surface area contributed by atoms with Crippen molar-refractivity contribution >= 4 is 17.8 Å². The van der Waals surface area contributed by atoms with Crippen LogP contribution in [0.15, 0.2) is 24.8 Å². The van der Waals surface area contributed by atoms with Crippen LogP contribution in [0.2, 0.25) is 0 Å². The van der Waals surface area contributed by atoms with Crippen LogP contribution in [-0.4, -0.2) is 63.2 Å². The number of alkyl halides is 2. The van der Waals surface area contributed by atoms with Crippen LogP contribution in [-0.2, 0) is 9.53 Å². The normalized spacial score (nSPS) is 18.0. The van der Waals surface area contributed by atoms with Gasteiger partial charge in [0.05, 0.1) is 25.2 Å². The van der Waals surface area contributed by atoms with Gasteiger partial charge in [0, 0.05) is 42.9 Å². The molecule has 1 aliphatic carbocycles. The zero-order valence-corrected chi connectivity index (χ0v) is 20.9. The Balaban J connectivity index is 1.71. The summed E-state index contributed by atoms with van der Waals surface area (Å²) in [6.07, 6.45) is 4.48. The van der Waals surface area contributed by atoms with Crippen molar-refractivity contribution in [1.82, 2.24) is 25.3 Å². The third-order valence-corrected chi connectivity index (χ3v) is 5.62. The Morgan fingerprint density at radius 3 is 2.25 bits per heavy atom. The van der Waals surface area contributed by atoms with Crippen LogP contribution in [0.1, 0.15) is 59.3 Å². The molecule has 0 unspecified atom stereocenters. The van der Waals surface area contributed by atoms with Gasteiger partial charge in [0.1, 0.15) is 5.60 Å². The van der Waals surface area contributed by atoms with Gasteiger partial charge < -0.3 is 14.8 Å². The molecule has 0 radical (unpaired) electrons. The van der Waals surface area contributed by atoms with E-state index in [-0.39, 0.29) is 30.3 Å². The van der Waals surface area contributed by atoms with Gasteiger partial charge in [-0.15, -0.1) is 0 Å². The topological polar surface area (TPSA) is 119 Å². The predicted molar refractivity (Wildman–Crippen MR) is 128 cm³/mol. The van der Waals surface area contributed by atoms with Crippen LogP contribution in [0.25, 0.3) is 11.3 Å². The first kappa shape index (κ1) is 27.2. The van der Waals surface area contributed by atoms with E-state index in [1.807, 2.05) is 0 Å². The average molecular weight is 507 g/mol. The summed E-state index contributed by atoms with van der Waals surface area (Å²) in [7, 11) is 1.46. The first-order valence-electron chi connectivity index (χ1n) is 11.8. The Bertz CT molecular complexity index is 1010. The molecule has 12 heteroatoms. The molecule has 2 amide bonds. The lowest BCUT2D eigenvalue weighted by Gasteiger charge is -2.36. The summed E-state index contributed by atoms with van der Waals surface area (Å²) in [4.78, 5) is 43.4. The van der Waals surface area contributed by atoms with E-state index in [2.05, 4.69) is 25.3 Å². The fourth-order valence-corrected chi connectivity index (χ4v) is 3.97. The van der Waals surface area contributed by atoms with Crippen molar-refractivity contribution in [2.45, 2.75) is 83.4 Å². The van der Waals surface area contributed by atoms with Crippen LogP contribution in [0.4, 0.5) is 19.4 Å². The highest BCUT2D eigenvalue weighted by Crippen LogP contribution is 2.29. The smallest absolute Gasteiger partial charge is 0.407 e. The van der Waals surface area contributed by atoms with Crippen molar-refractivity contribution in [3.63, 3.8) is 0 Å². The Kier molecular flexibility index (Phi) is 9.05. The van der Waals surface area contributed by atoms with E-state index in [0.717, 1.165) is 0 Å². The molecule has 0 spiro atoms. The number of halogens is 2. The molecule has 0 saturated heterocycles. The number of nitrogens with zero attached hydrogens (tertiary/aromatic N) is 5. The maximum atomic E-state index is 13.0. The van der Waals surface area contributed by atoms with Crippen molar-refractivity contribution in [2.24, 2.45) is 0 Å². The van der Waals surface area contributed by atoms with Crippen molar-refractivity contribution in [1.29, 1.82) is 0 Å². The first-order valence-corrected chi connectivity index (χ1v) is 11.8. The van der Waals surface area contributed by atoms with Crippen LogP contribution in [0.3, 0.4) is 0 Å². The molecule has 2 heterocycles. The summed E-state index contributed by atoms with van der Waals surface area (Å²) >= 11 is 0. The van der Waals surface area contributed by atoms with Gasteiger partial charge in [-0.2, -0.15) is 0 Å². The van der Waals surface area contributed by atoms with Gasteiger partial charge in [-0.3, -0.25) is 14.7 Å². The summed E-state index contributed by atoms with van der Waals surface area (Å²) in [6.45, 7) is 5.38. The van der Waals surface area contributed by atoms with E-state index in [1.54, 1.807) is 33.2 Å². The van der Waals surface area contributed by atoms with Crippen molar-refractivity contribution < 1.29 is 27.8 Å². The van der Waals surface area contributed by atoms with Gasteiger partial charge >= 0.3 is 12.1 Å². The molecule has 3 rings (SSSR count). The number of hydrogen-bond donors (Lipinski definition) is 1. The monoisotopic (exact) mass is 506 g/mol. The molecule has 1 fully saturated rings. The molecule has 1 aliphatic rings. The number of methoxy groups -OCH3 is 1. The predicted octanol–water partition coefficient (Wildman–Crippen LogP) is 4.16. The number of amides is 2. The summed E-state index contributed by atoms with van der Waals surface area (Å²) in [6, 6.07) is -0.134. The van der Waals surface area contributed by atoms with Gasteiger partial charge in [-0.1, -0.05) is 0 Å². The maximum absolute atomic E-state index is 13.0. The lowest BCUT2D eigenvalue weighted by Crippen LogP contribution is -2.47. The third-order valence-electron chi connectivity index (χ3n) is 5.62. The fraction of sp³-hybridized carbons (Fsp3) is 0.583. The molecule has 10 nitrogen and oxygen atoms in total. The van der Waals surface area contributed by atoms with Crippen molar-refractivity contribution in [3.05, 3.63) is 24.8 Å². The van der Waals surface area contributed by atoms with Crippen molar-refractivity contribution in [2.75, 3.05) is 12.0 Å². The number of nitrogens with one attached hydrogen (secondary N) is 1. The third kappa shape index (κ3) is 7.79. The first-order chi connectivity index (χ1) is 17.1. The molecule has 2 aromatic heterocycles.